The monoisotopic (exact) mass is 480 g/mol. The molecule has 1 heterocycles. The molecule has 36 heavy (non-hydrogen) atoms. The summed E-state index contributed by atoms with van der Waals surface area (Å²) in [5, 5.41) is 0. The smallest absolute Gasteiger partial charge is 0.330 e. The number of methoxy groups -OCH3 is 3. The third-order valence-corrected chi connectivity index (χ3v) is 6.57. The Morgan fingerprint density at radius 3 is 1.25 bits per heavy atom. The van der Waals surface area contributed by atoms with Gasteiger partial charge in [0.15, 0.2) is 0 Å². The molecule has 4 aromatic carbocycles. The number of hydrogen-bond acceptors (Lipinski definition) is 4. The van der Waals surface area contributed by atoms with Crippen molar-refractivity contribution >= 4 is 17.4 Å². The molecular weight excluding hydrogens is 452 g/mol. The van der Waals surface area contributed by atoms with Gasteiger partial charge in [-0.2, -0.15) is 0 Å². The second-order valence-corrected chi connectivity index (χ2v) is 8.49. The van der Waals surface area contributed by atoms with Crippen LogP contribution in [0.1, 0.15) is 23.2 Å². The van der Waals surface area contributed by atoms with Crippen LogP contribution in [0.15, 0.2) is 103 Å². The highest BCUT2D eigenvalue weighted by molar-refractivity contribution is 6.08. The van der Waals surface area contributed by atoms with E-state index in [1.54, 1.807) is 21.3 Å². The van der Waals surface area contributed by atoms with E-state index < -0.39 is 0 Å². The van der Waals surface area contributed by atoms with Gasteiger partial charge < -0.3 is 14.2 Å². The molecule has 1 fully saturated rings. The van der Waals surface area contributed by atoms with Crippen LogP contribution in [0.4, 0.5) is 16.2 Å². The van der Waals surface area contributed by atoms with Gasteiger partial charge in [-0.3, -0.25) is 9.80 Å². The summed E-state index contributed by atoms with van der Waals surface area (Å²) in [6, 6.07) is 32.6. The van der Waals surface area contributed by atoms with Gasteiger partial charge in [0.2, 0.25) is 0 Å². The molecule has 0 saturated carbocycles. The van der Waals surface area contributed by atoms with Crippen LogP contribution in [-0.4, -0.2) is 27.4 Å². The summed E-state index contributed by atoms with van der Waals surface area (Å²) >= 11 is 0. The molecule has 5 rings (SSSR count). The number of nitrogens with zero attached hydrogens (tertiary/aromatic N) is 2. The number of carbonyl (C=O) groups excluding carboxylic acids is 1. The van der Waals surface area contributed by atoms with E-state index in [0.29, 0.717) is 0 Å². The zero-order valence-corrected chi connectivity index (χ0v) is 20.5. The minimum Gasteiger partial charge on any atom is -0.497 e. The zero-order valence-electron chi connectivity index (χ0n) is 20.5. The van der Waals surface area contributed by atoms with Crippen LogP contribution in [0.2, 0.25) is 0 Å². The quantitative estimate of drug-likeness (QED) is 0.297. The van der Waals surface area contributed by atoms with Gasteiger partial charge in [0.05, 0.1) is 33.4 Å². The first-order valence-corrected chi connectivity index (χ1v) is 11.7. The second-order valence-electron chi connectivity index (χ2n) is 8.49. The fourth-order valence-electron chi connectivity index (χ4n) is 4.78. The van der Waals surface area contributed by atoms with Crippen LogP contribution in [0, 0.1) is 0 Å². The molecule has 0 aromatic heterocycles. The van der Waals surface area contributed by atoms with Crippen molar-refractivity contribution in [3.63, 3.8) is 0 Å². The summed E-state index contributed by atoms with van der Waals surface area (Å²) in [4.78, 5) is 18.0. The average Bonchev–Trinajstić information content (AvgIpc) is 3.26. The van der Waals surface area contributed by atoms with Gasteiger partial charge >= 0.3 is 6.03 Å². The van der Waals surface area contributed by atoms with Gasteiger partial charge in [0, 0.05) is 11.4 Å². The number of ether oxygens (including phenoxy) is 3. The molecule has 0 bridgehead atoms. The Hall–Kier alpha value is -4.45. The van der Waals surface area contributed by atoms with Crippen LogP contribution in [0.25, 0.3) is 0 Å². The highest BCUT2D eigenvalue weighted by atomic mass is 16.5. The molecule has 2 amide bonds. The van der Waals surface area contributed by atoms with Crippen molar-refractivity contribution in [1.29, 1.82) is 0 Å². The van der Waals surface area contributed by atoms with E-state index in [0.717, 1.165) is 39.8 Å². The predicted molar refractivity (Wildman–Crippen MR) is 141 cm³/mol. The van der Waals surface area contributed by atoms with E-state index in [9.17, 15) is 4.79 Å². The predicted octanol–water partition coefficient (Wildman–Crippen LogP) is 6.64. The standard InChI is InChI=1S/C30H28N2O4/c1-34-25-15-9-22(10-16-25)29-28(21-7-5-4-6-8-21)31(23-11-17-26(35-2)18-12-23)30(33)32(29)24-13-19-27(36-3)20-14-24/h4-20,28-29H,1-3H3/t28-,29-/m0/s1. The van der Waals surface area contributed by atoms with E-state index in [1.165, 1.54) is 0 Å². The molecule has 0 aliphatic carbocycles. The lowest BCUT2D eigenvalue weighted by Crippen LogP contribution is -2.32. The Balaban J connectivity index is 1.70. The maximum Gasteiger partial charge on any atom is 0.330 e. The SMILES string of the molecule is COc1ccc([C@H]2[C@H](c3ccccc3)N(c3ccc(OC)cc3)C(=O)N2c2ccc(OC)cc2)cc1. The van der Waals surface area contributed by atoms with E-state index in [4.69, 9.17) is 14.2 Å². The van der Waals surface area contributed by atoms with E-state index in [1.807, 2.05) is 101 Å². The van der Waals surface area contributed by atoms with Crippen molar-refractivity contribution in [3.8, 4) is 17.2 Å². The number of carbonyl (C=O) groups is 1. The van der Waals surface area contributed by atoms with Crippen LogP contribution in [-0.2, 0) is 0 Å². The average molecular weight is 481 g/mol. The molecule has 4 aromatic rings. The largest absolute Gasteiger partial charge is 0.497 e. The lowest BCUT2D eigenvalue weighted by Gasteiger charge is -2.29. The molecule has 1 saturated heterocycles. The number of amides is 2. The van der Waals surface area contributed by atoms with Gasteiger partial charge in [0.25, 0.3) is 0 Å². The second kappa shape index (κ2) is 10.0. The topological polar surface area (TPSA) is 51.2 Å². The maximum absolute atomic E-state index is 14.3. The van der Waals surface area contributed by atoms with Crippen LogP contribution >= 0.6 is 0 Å². The molecule has 0 unspecified atom stereocenters. The molecule has 6 nitrogen and oxygen atoms in total. The molecule has 0 radical (unpaired) electrons. The number of rotatable bonds is 7. The molecule has 182 valence electrons. The zero-order chi connectivity index (χ0) is 25.1. The summed E-state index contributed by atoms with van der Waals surface area (Å²) in [7, 11) is 4.91. The molecule has 6 heteroatoms. The Kier molecular flexibility index (Phi) is 6.50. The van der Waals surface area contributed by atoms with Crippen molar-refractivity contribution in [2.45, 2.75) is 12.1 Å². The number of hydrogen-bond donors (Lipinski definition) is 0. The summed E-state index contributed by atoms with van der Waals surface area (Å²) < 4.78 is 16.1. The van der Waals surface area contributed by atoms with Crippen LogP contribution in [0.3, 0.4) is 0 Å². The highest BCUT2D eigenvalue weighted by Gasteiger charge is 2.48. The lowest BCUT2D eigenvalue weighted by molar-refractivity contribution is 0.255. The van der Waals surface area contributed by atoms with Crippen molar-refractivity contribution in [2.24, 2.45) is 0 Å². The first kappa shape index (κ1) is 23.3. The van der Waals surface area contributed by atoms with Gasteiger partial charge in [-0.25, -0.2) is 4.79 Å². The molecule has 1 aliphatic heterocycles. The maximum atomic E-state index is 14.3. The van der Waals surface area contributed by atoms with Gasteiger partial charge in [0.1, 0.15) is 17.2 Å². The van der Waals surface area contributed by atoms with Crippen LogP contribution < -0.4 is 24.0 Å². The van der Waals surface area contributed by atoms with Crippen LogP contribution in [0.5, 0.6) is 17.2 Å². The van der Waals surface area contributed by atoms with Gasteiger partial charge in [-0.15, -0.1) is 0 Å². The molecule has 0 N–H and O–H groups in total. The first-order valence-electron chi connectivity index (χ1n) is 11.7. The van der Waals surface area contributed by atoms with E-state index in [2.05, 4.69) is 12.1 Å². The summed E-state index contributed by atoms with van der Waals surface area (Å²) in [6.45, 7) is 0. The Labute approximate surface area is 211 Å². The third kappa shape index (κ3) is 4.22. The fourth-order valence-corrected chi connectivity index (χ4v) is 4.78. The Morgan fingerprint density at radius 1 is 0.500 bits per heavy atom. The number of urea groups is 1. The van der Waals surface area contributed by atoms with Crippen molar-refractivity contribution < 1.29 is 19.0 Å². The number of anilines is 2. The normalized spacial score (nSPS) is 17.2. The summed E-state index contributed by atoms with van der Waals surface area (Å²) in [6.07, 6.45) is 0. The minimum atomic E-state index is -0.290. The molecular formula is C30H28N2O4. The molecule has 1 aliphatic rings. The molecule has 0 spiro atoms. The third-order valence-electron chi connectivity index (χ3n) is 6.57. The fraction of sp³-hybridized carbons (Fsp3) is 0.167. The lowest BCUT2D eigenvalue weighted by atomic mass is 9.92. The Bertz CT molecular complexity index is 1310. The summed E-state index contributed by atoms with van der Waals surface area (Å²) in [5.74, 6) is 2.24. The van der Waals surface area contributed by atoms with Gasteiger partial charge in [-0.1, -0.05) is 42.5 Å². The molecule has 2 atom stereocenters. The highest BCUT2D eigenvalue weighted by Crippen LogP contribution is 2.49. The summed E-state index contributed by atoms with van der Waals surface area (Å²) in [5.41, 5.74) is 3.63. The van der Waals surface area contributed by atoms with Crippen molar-refractivity contribution in [1.82, 2.24) is 0 Å². The van der Waals surface area contributed by atoms with Crippen molar-refractivity contribution in [3.05, 3.63) is 114 Å². The Morgan fingerprint density at radius 2 is 0.861 bits per heavy atom. The van der Waals surface area contributed by atoms with E-state index in [-0.39, 0.29) is 18.1 Å². The first-order chi connectivity index (χ1) is 17.6. The van der Waals surface area contributed by atoms with Crippen molar-refractivity contribution in [2.75, 3.05) is 31.1 Å². The number of benzene rings is 4. The van der Waals surface area contributed by atoms with Gasteiger partial charge in [-0.05, 0) is 71.8 Å². The van der Waals surface area contributed by atoms with E-state index >= 15 is 0 Å². The minimum absolute atomic E-state index is 0.111.